The fraction of sp³-hybridized carbons (Fsp3) is 0.300. The first-order valence-electron chi connectivity index (χ1n) is 12.8. The summed E-state index contributed by atoms with van der Waals surface area (Å²) < 4.78 is 14.0. The zero-order chi connectivity index (χ0) is 25.5. The highest BCUT2D eigenvalue weighted by Crippen LogP contribution is 2.42. The van der Waals surface area contributed by atoms with Crippen molar-refractivity contribution >= 4 is 28.6 Å². The van der Waals surface area contributed by atoms with Gasteiger partial charge < -0.3 is 19.2 Å². The number of nitrogens with zero attached hydrogens (tertiary/aromatic N) is 2. The lowest BCUT2D eigenvalue weighted by Crippen LogP contribution is -2.26. The van der Waals surface area contributed by atoms with Gasteiger partial charge in [0.2, 0.25) is 5.36 Å². The summed E-state index contributed by atoms with van der Waals surface area (Å²) in [6.07, 6.45) is 4.67. The van der Waals surface area contributed by atoms with E-state index in [0.29, 0.717) is 22.5 Å². The zero-order valence-corrected chi connectivity index (χ0v) is 20.8. The summed E-state index contributed by atoms with van der Waals surface area (Å²) in [6.45, 7) is 4.05. The van der Waals surface area contributed by atoms with E-state index in [4.69, 9.17) is 9.15 Å². The van der Waals surface area contributed by atoms with E-state index in [1.54, 1.807) is 6.07 Å². The van der Waals surface area contributed by atoms with Gasteiger partial charge in [0.05, 0.1) is 24.3 Å². The summed E-state index contributed by atoms with van der Waals surface area (Å²) in [6, 6.07) is 16.8. The molecule has 0 radical (unpaired) electrons. The van der Waals surface area contributed by atoms with Crippen LogP contribution in [-0.4, -0.2) is 50.3 Å². The van der Waals surface area contributed by atoms with Gasteiger partial charge in [0.25, 0.3) is 0 Å². The van der Waals surface area contributed by atoms with Gasteiger partial charge in [0.15, 0.2) is 0 Å². The molecule has 0 saturated carbocycles. The van der Waals surface area contributed by atoms with Crippen molar-refractivity contribution in [1.29, 1.82) is 0 Å². The normalized spacial score (nSPS) is 15.6. The number of hydrogen-bond donors (Lipinski definition) is 1. The van der Waals surface area contributed by atoms with Crippen molar-refractivity contribution in [1.82, 2.24) is 4.58 Å². The molecular formula is C30H29N2O5+. The molecule has 0 unspecified atom stereocenters. The number of rotatable bonds is 4. The topological polar surface area (TPSA) is 83.0 Å². The van der Waals surface area contributed by atoms with Gasteiger partial charge in [0, 0.05) is 60.3 Å². The Labute approximate surface area is 214 Å². The average Bonchev–Trinajstić information content (AvgIpc) is 3.65. The number of carbonyl (C=O) groups is 2. The van der Waals surface area contributed by atoms with Gasteiger partial charge in [-0.3, -0.25) is 0 Å². The number of methoxy groups -OCH3 is 1. The highest BCUT2D eigenvalue weighted by atomic mass is 16.5. The Kier molecular flexibility index (Phi) is 5.91. The van der Waals surface area contributed by atoms with E-state index in [9.17, 15) is 14.7 Å². The first-order valence-corrected chi connectivity index (χ1v) is 12.8. The van der Waals surface area contributed by atoms with E-state index >= 15 is 0 Å². The maximum atomic E-state index is 12.8. The molecule has 2 fully saturated rings. The van der Waals surface area contributed by atoms with Gasteiger partial charge in [0.1, 0.15) is 24.4 Å². The third kappa shape index (κ3) is 4.14. The summed E-state index contributed by atoms with van der Waals surface area (Å²) in [5, 5.41) is 11.7. The summed E-state index contributed by atoms with van der Waals surface area (Å²) in [7, 11) is 1.33. The standard InChI is InChI=1S/C30H28N2O5/c1-36-30(35)22-9-6-19(29(33)34)16-25(22)28-23-10-7-20(31-12-2-3-13-31)17-26(23)37-27-18-21(8-11-24(27)28)32-14-4-5-15-32/h6-11,16-18H,2-5,12-15H2,1H3/p+1. The predicted molar refractivity (Wildman–Crippen MR) is 142 cm³/mol. The van der Waals surface area contributed by atoms with Crippen molar-refractivity contribution in [2.24, 2.45) is 0 Å². The molecular weight excluding hydrogens is 468 g/mol. The van der Waals surface area contributed by atoms with Crippen LogP contribution in [0.15, 0.2) is 59.0 Å². The SMILES string of the molecule is COC(=O)c1ccc(C(=O)O)cc1-c1c2ccc(=[N+]3CCCC3)cc-2oc2cc(N3CCCC3)ccc12. The molecule has 6 rings (SSSR count). The molecule has 3 aliphatic heterocycles. The average molecular weight is 498 g/mol. The van der Waals surface area contributed by atoms with Crippen LogP contribution in [-0.2, 0) is 4.74 Å². The van der Waals surface area contributed by atoms with E-state index in [-0.39, 0.29) is 5.56 Å². The van der Waals surface area contributed by atoms with Crippen molar-refractivity contribution in [2.45, 2.75) is 25.7 Å². The molecule has 7 heteroatoms. The van der Waals surface area contributed by atoms with Crippen molar-refractivity contribution in [2.75, 3.05) is 38.2 Å². The molecule has 7 nitrogen and oxygen atoms in total. The molecule has 0 bridgehead atoms. The Morgan fingerprint density at radius 2 is 1.70 bits per heavy atom. The fourth-order valence-corrected chi connectivity index (χ4v) is 5.67. The number of benzene rings is 3. The number of carbonyl (C=O) groups excluding carboxylic acids is 1. The van der Waals surface area contributed by atoms with Crippen molar-refractivity contribution < 1.29 is 23.8 Å². The molecule has 1 N–H and O–H groups in total. The maximum absolute atomic E-state index is 12.8. The van der Waals surface area contributed by atoms with Gasteiger partial charge in [-0.1, -0.05) is 0 Å². The van der Waals surface area contributed by atoms with Crippen LogP contribution in [0.4, 0.5) is 5.69 Å². The van der Waals surface area contributed by atoms with Crippen LogP contribution in [0.25, 0.3) is 33.4 Å². The molecule has 0 aromatic heterocycles. The van der Waals surface area contributed by atoms with Gasteiger partial charge in [-0.05, 0) is 54.8 Å². The van der Waals surface area contributed by atoms with Crippen molar-refractivity contribution in [3.8, 4) is 22.5 Å². The number of aromatic carboxylic acids is 1. The molecule has 0 amide bonds. The molecule has 188 valence electrons. The van der Waals surface area contributed by atoms with Crippen LogP contribution in [0, 0.1) is 0 Å². The number of anilines is 1. The number of esters is 1. The Morgan fingerprint density at radius 1 is 0.919 bits per heavy atom. The largest absolute Gasteiger partial charge is 0.478 e. The zero-order valence-electron chi connectivity index (χ0n) is 20.8. The van der Waals surface area contributed by atoms with E-state index in [1.165, 1.54) is 44.9 Å². The quantitative estimate of drug-likeness (QED) is 0.246. The number of fused-ring (bicyclic) bond motifs is 2. The Bertz CT molecular complexity index is 1570. The van der Waals surface area contributed by atoms with Gasteiger partial charge in [-0.25, -0.2) is 14.2 Å². The van der Waals surface area contributed by atoms with E-state index in [2.05, 4.69) is 33.7 Å². The Morgan fingerprint density at radius 3 is 2.43 bits per heavy atom. The van der Waals surface area contributed by atoms with E-state index < -0.39 is 11.9 Å². The lowest BCUT2D eigenvalue weighted by molar-refractivity contribution is 0.0599. The molecule has 0 spiro atoms. The first kappa shape index (κ1) is 23.3. The van der Waals surface area contributed by atoms with Crippen LogP contribution >= 0.6 is 0 Å². The second-order valence-corrected chi connectivity index (χ2v) is 9.78. The summed E-state index contributed by atoms with van der Waals surface area (Å²) in [4.78, 5) is 27.1. The van der Waals surface area contributed by atoms with Crippen LogP contribution in [0.1, 0.15) is 46.4 Å². The van der Waals surface area contributed by atoms with Crippen LogP contribution in [0.2, 0.25) is 0 Å². The fourth-order valence-electron chi connectivity index (χ4n) is 5.67. The van der Waals surface area contributed by atoms with Gasteiger partial charge in [-0.2, -0.15) is 0 Å². The van der Waals surface area contributed by atoms with Gasteiger partial charge >= 0.3 is 11.9 Å². The number of ether oxygens (including phenoxy) is 1. The number of carboxylic acids is 1. The van der Waals surface area contributed by atoms with Crippen LogP contribution in [0.3, 0.4) is 0 Å². The number of carboxylic acid groups (broad SMARTS) is 1. The van der Waals surface area contributed by atoms with E-state index in [1.807, 2.05) is 12.1 Å². The molecule has 2 saturated heterocycles. The lowest BCUT2D eigenvalue weighted by atomic mass is 9.89. The molecule has 37 heavy (non-hydrogen) atoms. The highest BCUT2D eigenvalue weighted by Gasteiger charge is 2.25. The molecule has 0 atom stereocenters. The smallest absolute Gasteiger partial charge is 0.338 e. The molecule has 4 aliphatic rings. The molecule has 3 heterocycles. The third-order valence-corrected chi connectivity index (χ3v) is 7.57. The highest BCUT2D eigenvalue weighted by molar-refractivity contribution is 6.09. The van der Waals surface area contributed by atoms with Crippen molar-refractivity contribution in [3.63, 3.8) is 0 Å². The third-order valence-electron chi connectivity index (χ3n) is 7.57. The second-order valence-electron chi connectivity index (χ2n) is 9.78. The van der Waals surface area contributed by atoms with E-state index in [0.717, 1.165) is 53.7 Å². The molecule has 1 aliphatic carbocycles. The number of hydrogen-bond acceptors (Lipinski definition) is 5. The molecule has 2 aromatic rings. The lowest BCUT2D eigenvalue weighted by Gasteiger charge is -2.21. The van der Waals surface area contributed by atoms with Crippen LogP contribution in [0.5, 0.6) is 0 Å². The summed E-state index contributed by atoms with van der Waals surface area (Å²) in [5.41, 5.74) is 4.31. The summed E-state index contributed by atoms with van der Waals surface area (Å²) in [5.74, 6) is -0.877. The minimum atomic E-state index is -1.06. The second kappa shape index (κ2) is 9.39. The minimum Gasteiger partial charge on any atom is -0.478 e. The summed E-state index contributed by atoms with van der Waals surface area (Å²) >= 11 is 0. The van der Waals surface area contributed by atoms with Crippen molar-refractivity contribution in [3.05, 3.63) is 71.1 Å². The Balaban J connectivity index is 1.69. The predicted octanol–water partition coefficient (Wildman–Crippen LogP) is 4.86. The van der Waals surface area contributed by atoms with Gasteiger partial charge in [-0.15, -0.1) is 0 Å². The first-order chi connectivity index (χ1) is 18.0. The minimum absolute atomic E-state index is 0.104. The van der Waals surface area contributed by atoms with Crippen LogP contribution < -0.4 is 14.8 Å². The monoisotopic (exact) mass is 497 g/mol. The maximum Gasteiger partial charge on any atom is 0.338 e. The Hall–Kier alpha value is -4.13. The molecule has 2 aromatic carbocycles.